The monoisotopic (exact) mass is 294 g/mol. The van der Waals surface area contributed by atoms with Crippen molar-refractivity contribution in [3.05, 3.63) is 23.8 Å². The Labute approximate surface area is 129 Å². The van der Waals surface area contributed by atoms with Crippen LogP contribution in [-0.2, 0) is 6.54 Å². The molecule has 21 heavy (non-hydrogen) atoms. The van der Waals surface area contributed by atoms with Crippen molar-refractivity contribution in [1.29, 1.82) is 0 Å². The van der Waals surface area contributed by atoms with Crippen LogP contribution in [0.3, 0.4) is 0 Å². The number of hydrogen-bond donors (Lipinski definition) is 1. The van der Waals surface area contributed by atoms with Crippen LogP contribution in [-0.4, -0.2) is 45.3 Å². The molecule has 0 amide bonds. The maximum absolute atomic E-state index is 5.61. The highest BCUT2D eigenvalue weighted by Gasteiger charge is 2.15. The molecule has 1 N–H and O–H groups in total. The van der Waals surface area contributed by atoms with Gasteiger partial charge in [-0.2, -0.15) is 0 Å². The molecule has 0 saturated carbocycles. The van der Waals surface area contributed by atoms with Crippen LogP contribution in [0.2, 0.25) is 0 Å². The molecule has 0 aliphatic carbocycles. The maximum atomic E-state index is 5.61. The lowest BCUT2D eigenvalue weighted by molar-refractivity contribution is 0.224. The average molecular weight is 294 g/mol. The minimum Gasteiger partial charge on any atom is -0.493 e. The van der Waals surface area contributed by atoms with Crippen molar-refractivity contribution >= 4 is 0 Å². The predicted octanol–water partition coefficient (Wildman–Crippen LogP) is 2.77. The van der Waals surface area contributed by atoms with Crippen LogP contribution in [0.4, 0.5) is 0 Å². The number of hydrogen-bond acceptors (Lipinski definition) is 4. The van der Waals surface area contributed by atoms with E-state index in [-0.39, 0.29) is 0 Å². The highest BCUT2D eigenvalue weighted by Crippen LogP contribution is 2.27. The summed E-state index contributed by atoms with van der Waals surface area (Å²) in [6.45, 7) is 8.94. The van der Waals surface area contributed by atoms with Gasteiger partial charge in [0.05, 0.1) is 13.7 Å². The molecule has 0 saturated heterocycles. The SMILES string of the molecule is CCOc1cc(CNCC(C(C)C)N(C)C)ccc1OC. The number of nitrogens with zero attached hydrogens (tertiary/aromatic N) is 1. The lowest BCUT2D eigenvalue weighted by Crippen LogP contribution is -2.41. The topological polar surface area (TPSA) is 33.7 Å². The summed E-state index contributed by atoms with van der Waals surface area (Å²) in [5.41, 5.74) is 1.21. The standard InChI is InChI=1S/C17H30N2O2/c1-7-21-17-10-14(8-9-16(17)20-6)11-18-12-15(13(2)3)19(4)5/h8-10,13,15,18H,7,11-12H2,1-6H3. The van der Waals surface area contributed by atoms with Gasteiger partial charge in [-0.1, -0.05) is 19.9 Å². The van der Waals surface area contributed by atoms with Crippen LogP contribution in [0.1, 0.15) is 26.3 Å². The number of methoxy groups -OCH3 is 1. The van der Waals surface area contributed by atoms with Gasteiger partial charge in [0.2, 0.25) is 0 Å². The van der Waals surface area contributed by atoms with Crippen LogP contribution in [0, 0.1) is 5.92 Å². The van der Waals surface area contributed by atoms with Crippen molar-refractivity contribution in [2.75, 3.05) is 34.4 Å². The summed E-state index contributed by atoms with van der Waals surface area (Å²) in [7, 11) is 5.93. The fraction of sp³-hybridized carbons (Fsp3) is 0.647. The Bertz CT molecular complexity index is 411. The number of likely N-dealkylation sites (N-methyl/N-ethyl adjacent to an activating group) is 1. The van der Waals surface area contributed by atoms with Crippen LogP contribution >= 0.6 is 0 Å². The first-order chi connectivity index (χ1) is 9.99. The molecule has 1 rings (SSSR count). The van der Waals surface area contributed by atoms with Crippen molar-refractivity contribution in [1.82, 2.24) is 10.2 Å². The number of nitrogens with one attached hydrogen (secondary N) is 1. The second-order valence-electron chi connectivity index (χ2n) is 5.82. The van der Waals surface area contributed by atoms with Gasteiger partial charge in [-0.05, 0) is 44.6 Å². The molecule has 4 heteroatoms. The van der Waals surface area contributed by atoms with Crippen molar-refractivity contribution < 1.29 is 9.47 Å². The largest absolute Gasteiger partial charge is 0.493 e. The smallest absolute Gasteiger partial charge is 0.161 e. The number of ether oxygens (including phenoxy) is 2. The molecule has 120 valence electrons. The van der Waals surface area contributed by atoms with Crippen molar-refractivity contribution in [3.63, 3.8) is 0 Å². The minimum absolute atomic E-state index is 0.537. The van der Waals surface area contributed by atoms with Crippen molar-refractivity contribution in [2.24, 2.45) is 5.92 Å². The number of rotatable bonds is 9. The molecule has 0 aliphatic heterocycles. The van der Waals surface area contributed by atoms with E-state index in [0.717, 1.165) is 24.6 Å². The Kier molecular flexibility index (Phi) is 7.54. The fourth-order valence-corrected chi connectivity index (χ4v) is 2.48. The summed E-state index contributed by atoms with van der Waals surface area (Å²) in [6.07, 6.45) is 0. The Morgan fingerprint density at radius 3 is 2.43 bits per heavy atom. The zero-order chi connectivity index (χ0) is 15.8. The molecular formula is C17H30N2O2. The molecule has 4 nitrogen and oxygen atoms in total. The van der Waals surface area contributed by atoms with Crippen molar-refractivity contribution in [2.45, 2.75) is 33.4 Å². The van der Waals surface area contributed by atoms with Gasteiger partial charge in [-0.15, -0.1) is 0 Å². The maximum Gasteiger partial charge on any atom is 0.161 e. The molecule has 1 aromatic rings. The van der Waals surface area contributed by atoms with Crippen LogP contribution in [0.25, 0.3) is 0 Å². The Morgan fingerprint density at radius 2 is 1.90 bits per heavy atom. The second-order valence-corrected chi connectivity index (χ2v) is 5.82. The van der Waals surface area contributed by atoms with Gasteiger partial charge in [-0.3, -0.25) is 0 Å². The molecule has 0 radical (unpaired) electrons. The van der Waals surface area contributed by atoms with Gasteiger partial charge in [0, 0.05) is 19.1 Å². The van der Waals surface area contributed by atoms with Gasteiger partial charge in [0.1, 0.15) is 0 Å². The highest BCUT2D eigenvalue weighted by atomic mass is 16.5. The molecule has 1 aromatic carbocycles. The zero-order valence-electron chi connectivity index (χ0n) is 14.3. The zero-order valence-corrected chi connectivity index (χ0v) is 14.3. The Morgan fingerprint density at radius 1 is 1.19 bits per heavy atom. The third-order valence-electron chi connectivity index (χ3n) is 3.64. The first-order valence-electron chi connectivity index (χ1n) is 7.66. The summed E-state index contributed by atoms with van der Waals surface area (Å²) in [4.78, 5) is 2.28. The van der Waals surface area contributed by atoms with E-state index in [1.807, 2.05) is 13.0 Å². The molecule has 1 unspecified atom stereocenters. The summed E-state index contributed by atoms with van der Waals surface area (Å²) in [6, 6.07) is 6.63. The fourth-order valence-electron chi connectivity index (χ4n) is 2.48. The van der Waals surface area contributed by atoms with E-state index in [4.69, 9.17) is 9.47 Å². The molecule has 1 atom stereocenters. The van der Waals surface area contributed by atoms with Gasteiger partial charge in [0.15, 0.2) is 11.5 Å². The van der Waals surface area contributed by atoms with E-state index in [1.54, 1.807) is 7.11 Å². The summed E-state index contributed by atoms with van der Waals surface area (Å²) in [5.74, 6) is 2.23. The molecule has 0 spiro atoms. The summed E-state index contributed by atoms with van der Waals surface area (Å²) in [5, 5.41) is 3.53. The average Bonchev–Trinajstić information content (AvgIpc) is 2.43. The van der Waals surface area contributed by atoms with E-state index < -0.39 is 0 Å². The van der Waals surface area contributed by atoms with Gasteiger partial charge in [0.25, 0.3) is 0 Å². The van der Waals surface area contributed by atoms with Crippen LogP contribution in [0.15, 0.2) is 18.2 Å². The van der Waals surface area contributed by atoms with Crippen LogP contribution in [0.5, 0.6) is 11.5 Å². The highest BCUT2D eigenvalue weighted by molar-refractivity contribution is 5.42. The molecule has 0 heterocycles. The first-order valence-corrected chi connectivity index (χ1v) is 7.66. The van der Waals surface area contributed by atoms with E-state index in [9.17, 15) is 0 Å². The van der Waals surface area contributed by atoms with Crippen molar-refractivity contribution in [3.8, 4) is 11.5 Å². The lowest BCUT2D eigenvalue weighted by atomic mass is 10.0. The van der Waals surface area contributed by atoms with E-state index >= 15 is 0 Å². The normalized spacial score (nSPS) is 12.8. The third kappa shape index (κ3) is 5.56. The first kappa shape index (κ1) is 17.8. The number of benzene rings is 1. The third-order valence-corrected chi connectivity index (χ3v) is 3.64. The lowest BCUT2D eigenvalue weighted by Gasteiger charge is -2.28. The molecule has 0 aliphatic rings. The summed E-state index contributed by atoms with van der Waals surface area (Å²) >= 11 is 0. The minimum atomic E-state index is 0.537. The van der Waals surface area contributed by atoms with Gasteiger partial charge < -0.3 is 19.7 Å². The Hall–Kier alpha value is -1.26. The summed E-state index contributed by atoms with van der Waals surface area (Å²) < 4.78 is 10.9. The van der Waals surface area contributed by atoms with Crippen LogP contribution < -0.4 is 14.8 Å². The Balaban J connectivity index is 2.61. The predicted molar refractivity (Wildman–Crippen MR) is 88.2 cm³/mol. The van der Waals surface area contributed by atoms with E-state index in [1.165, 1.54) is 5.56 Å². The molecule has 0 aromatic heterocycles. The molecule has 0 fully saturated rings. The van der Waals surface area contributed by atoms with Gasteiger partial charge >= 0.3 is 0 Å². The molecular weight excluding hydrogens is 264 g/mol. The van der Waals surface area contributed by atoms with Gasteiger partial charge in [-0.25, -0.2) is 0 Å². The quantitative estimate of drug-likeness (QED) is 0.759. The van der Waals surface area contributed by atoms with E-state index in [0.29, 0.717) is 18.6 Å². The molecule has 0 bridgehead atoms. The van der Waals surface area contributed by atoms with E-state index in [2.05, 4.69) is 50.3 Å². The second kappa shape index (κ2) is 8.90.